The Morgan fingerprint density at radius 2 is 1.85 bits per heavy atom. The Bertz CT molecular complexity index is 653. The summed E-state index contributed by atoms with van der Waals surface area (Å²) in [5, 5.41) is 11.6. The summed E-state index contributed by atoms with van der Waals surface area (Å²) in [5.74, 6) is -1.28. The minimum atomic E-state index is -0.995. The second kappa shape index (κ2) is 5.88. The molecule has 0 aliphatic rings. The summed E-state index contributed by atoms with van der Waals surface area (Å²) in [4.78, 5) is 22.8. The average molecular weight is 270 g/mol. The Morgan fingerprint density at radius 3 is 2.55 bits per heavy atom. The number of hydrogen-bond acceptors (Lipinski definition) is 3. The zero-order valence-corrected chi connectivity index (χ0v) is 10.7. The van der Waals surface area contributed by atoms with Crippen LogP contribution < -0.4 is 11.1 Å². The van der Waals surface area contributed by atoms with Gasteiger partial charge in [0.05, 0.1) is 11.1 Å². The highest BCUT2D eigenvalue weighted by Crippen LogP contribution is 2.11. The fourth-order valence-electron chi connectivity index (χ4n) is 1.80. The van der Waals surface area contributed by atoms with Gasteiger partial charge in [0.1, 0.15) is 0 Å². The van der Waals surface area contributed by atoms with E-state index in [-0.39, 0.29) is 18.0 Å². The highest BCUT2D eigenvalue weighted by molar-refractivity contribution is 5.99. The number of carboxylic acid groups (broad SMARTS) is 1. The Hall–Kier alpha value is -2.82. The van der Waals surface area contributed by atoms with E-state index in [1.54, 1.807) is 36.4 Å². The van der Waals surface area contributed by atoms with Crippen LogP contribution in [-0.4, -0.2) is 17.0 Å². The van der Waals surface area contributed by atoms with Crippen LogP contribution >= 0.6 is 0 Å². The van der Waals surface area contributed by atoms with Crippen molar-refractivity contribution in [3.8, 4) is 0 Å². The number of carbonyl (C=O) groups is 2. The number of carbonyl (C=O) groups excluding carboxylic acids is 1. The molecule has 20 heavy (non-hydrogen) atoms. The minimum absolute atomic E-state index is 0.191. The van der Waals surface area contributed by atoms with Crippen molar-refractivity contribution < 1.29 is 14.7 Å². The third-order valence-corrected chi connectivity index (χ3v) is 2.83. The molecule has 5 heteroatoms. The number of nitrogens with one attached hydrogen (secondary N) is 1. The highest BCUT2D eigenvalue weighted by Gasteiger charge is 2.09. The summed E-state index contributed by atoms with van der Waals surface area (Å²) in [6, 6.07) is 13.2. The van der Waals surface area contributed by atoms with Crippen LogP contribution in [-0.2, 0) is 6.54 Å². The smallest absolute Gasteiger partial charge is 0.335 e. The van der Waals surface area contributed by atoms with Gasteiger partial charge in [-0.25, -0.2) is 4.79 Å². The molecule has 2 rings (SSSR count). The molecule has 0 aromatic heterocycles. The first-order valence-corrected chi connectivity index (χ1v) is 6.03. The van der Waals surface area contributed by atoms with Gasteiger partial charge in [0, 0.05) is 12.2 Å². The normalized spacial score (nSPS) is 10.0. The summed E-state index contributed by atoms with van der Waals surface area (Å²) in [6.07, 6.45) is 0. The summed E-state index contributed by atoms with van der Waals surface area (Å²) in [5.41, 5.74) is 7.43. The van der Waals surface area contributed by atoms with Crippen molar-refractivity contribution in [3.63, 3.8) is 0 Å². The van der Waals surface area contributed by atoms with Gasteiger partial charge in [-0.15, -0.1) is 0 Å². The van der Waals surface area contributed by atoms with Crippen LogP contribution in [0.15, 0.2) is 48.5 Å². The van der Waals surface area contributed by atoms with Crippen molar-refractivity contribution in [2.24, 2.45) is 0 Å². The van der Waals surface area contributed by atoms with E-state index in [1.165, 1.54) is 12.1 Å². The molecule has 0 radical (unpaired) electrons. The van der Waals surface area contributed by atoms with Crippen molar-refractivity contribution in [3.05, 3.63) is 65.2 Å². The molecule has 1 amide bonds. The predicted octanol–water partition coefficient (Wildman–Crippen LogP) is 1.90. The first kappa shape index (κ1) is 13.6. The molecule has 0 heterocycles. The maximum absolute atomic E-state index is 12.0. The molecule has 0 atom stereocenters. The zero-order chi connectivity index (χ0) is 14.5. The Labute approximate surface area is 116 Å². The summed E-state index contributed by atoms with van der Waals surface area (Å²) >= 11 is 0. The lowest BCUT2D eigenvalue weighted by molar-refractivity contribution is 0.0696. The number of amides is 1. The van der Waals surface area contributed by atoms with Crippen LogP contribution in [0.1, 0.15) is 26.3 Å². The zero-order valence-electron chi connectivity index (χ0n) is 10.7. The van der Waals surface area contributed by atoms with Gasteiger partial charge >= 0.3 is 5.97 Å². The monoisotopic (exact) mass is 270 g/mol. The molecule has 4 N–H and O–H groups in total. The van der Waals surface area contributed by atoms with Gasteiger partial charge in [-0.05, 0) is 29.8 Å². The van der Waals surface area contributed by atoms with Crippen molar-refractivity contribution in [2.45, 2.75) is 6.54 Å². The molecule has 0 saturated heterocycles. The number of nitrogens with two attached hydrogens (primary N) is 1. The largest absolute Gasteiger partial charge is 0.478 e. The molecule has 0 saturated carbocycles. The second-order valence-corrected chi connectivity index (χ2v) is 4.28. The lowest BCUT2D eigenvalue weighted by atomic mass is 10.1. The number of rotatable bonds is 4. The third kappa shape index (κ3) is 3.14. The fourth-order valence-corrected chi connectivity index (χ4v) is 1.80. The summed E-state index contributed by atoms with van der Waals surface area (Å²) in [7, 11) is 0. The first-order chi connectivity index (χ1) is 9.58. The Balaban J connectivity index is 2.06. The highest BCUT2D eigenvalue weighted by atomic mass is 16.4. The topological polar surface area (TPSA) is 92.4 Å². The molecular weight excluding hydrogens is 256 g/mol. The lowest BCUT2D eigenvalue weighted by Gasteiger charge is -2.08. The fraction of sp³-hybridized carbons (Fsp3) is 0.0667. The van der Waals surface area contributed by atoms with Crippen molar-refractivity contribution in [1.82, 2.24) is 5.32 Å². The van der Waals surface area contributed by atoms with E-state index in [2.05, 4.69) is 5.32 Å². The lowest BCUT2D eigenvalue weighted by Crippen LogP contribution is -2.23. The minimum Gasteiger partial charge on any atom is -0.478 e. The Kier molecular flexibility index (Phi) is 4.00. The second-order valence-electron chi connectivity index (χ2n) is 4.28. The predicted molar refractivity (Wildman–Crippen MR) is 75.4 cm³/mol. The maximum atomic E-state index is 12.0. The van der Waals surface area contributed by atoms with Crippen LogP contribution in [0.4, 0.5) is 5.69 Å². The van der Waals surface area contributed by atoms with Crippen LogP contribution in [0.25, 0.3) is 0 Å². The first-order valence-electron chi connectivity index (χ1n) is 6.03. The summed E-state index contributed by atoms with van der Waals surface area (Å²) < 4.78 is 0. The molecule has 2 aromatic carbocycles. The van der Waals surface area contributed by atoms with Gasteiger partial charge in [-0.2, -0.15) is 0 Å². The van der Waals surface area contributed by atoms with E-state index in [0.717, 1.165) is 0 Å². The van der Waals surface area contributed by atoms with Gasteiger partial charge in [0.2, 0.25) is 0 Å². The van der Waals surface area contributed by atoms with Crippen molar-refractivity contribution in [1.29, 1.82) is 0 Å². The molecule has 0 aliphatic heterocycles. The summed E-state index contributed by atoms with van der Waals surface area (Å²) in [6.45, 7) is 0.244. The number of benzene rings is 2. The molecular formula is C15H14N2O3. The van der Waals surface area contributed by atoms with Gasteiger partial charge in [0.15, 0.2) is 0 Å². The van der Waals surface area contributed by atoms with Gasteiger partial charge in [0.25, 0.3) is 5.91 Å². The van der Waals surface area contributed by atoms with E-state index in [1.807, 2.05) is 0 Å². The molecule has 0 unspecified atom stereocenters. The van der Waals surface area contributed by atoms with Crippen LogP contribution in [0, 0.1) is 0 Å². The molecule has 5 nitrogen and oxygen atoms in total. The van der Waals surface area contributed by atoms with E-state index < -0.39 is 5.97 Å². The number of anilines is 1. The molecule has 2 aromatic rings. The molecule has 0 fully saturated rings. The number of aromatic carboxylic acids is 1. The Morgan fingerprint density at radius 1 is 1.10 bits per heavy atom. The molecule has 0 bridgehead atoms. The number of nitrogen functional groups attached to an aromatic ring is 1. The van der Waals surface area contributed by atoms with Crippen molar-refractivity contribution in [2.75, 3.05) is 5.73 Å². The van der Waals surface area contributed by atoms with Crippen molar-refractivity contribution >= 4 is 17.6 Å². The molecule has 0 spiro atoms. The van der Waals surface area contributed by atoms with Gasteiger partial charge < -0.3 is 16.2 Å². The van der Waals surface area contributed by atoms with E-state index in [0.29, 0.717) is 16.8 Å². The average Bonchev–Trinajstić information content (AvgIpc) is 2.45. The van der Waals surface area contributed by atoms with E-state index >= 15 is 0 Å². The molecule has 0 aliphatic carbocycles. The quantitative estimate of drug-likeness (QED) is 0.740. The SMILES string of the molecule is Nc1ccccc1C(=O)NCc1cccc(C(=O)O)c1. The van der Waals surface area contributed by atoms with E-state index in [9.17, 15) is 9.59 Å². The number of carboxylic acids is 1. The van der Waals surface area contributed by atoms with Crippen LogP contribution in [0.3, 0.4) is 0 Å². The molecule has 102 valence electrons. The number of hydrogen-bond donors (Lipinski definition) is 3. The van der Waals surface area contributed by atoms with E-state index in [4.69, 9.17) is 10.8 Å². The van der Waals surface area contributed by atoms with Crippen LogP contribution in [0.5, 0.6) is 0 Å². The standard InChI is InChI=1S/C15H14N2O3/c16-13-7-2-1-6-12(13)14(18)17-9-10-4-3-5-11(8-10)15(19)20/h1-8H,9,16H2,(H,17,18)(H,19,20). The number of para-hydroxylation sites is 1. The maximum Gasteiger partial charge on any atom is 0.335 e. The van der Waals surface area contributed by atoms with Crippen LogP contribution in [0.2, 0.25) is 0 Å². The third-order valence-electron chi connectivity index (χ3n) is 2.83. The van der Waals surface area contributed by atoms with Gasteiger partial charge in [-0.1, -0.05) is 24.3 Å². The van der Waals surface area contributed by atoms with Gasteiger partial charge in [-0.3, -0.25) is 4.79 Å².